The molecule has 0 bridgehead atoms. The van der Waals surface area contributed by atoms with Gasteiger partial charge in [-0.3, -0.25) is 4.79 Å². The van der Waals surface area contributed by atoms with E-state index in [4.69, 9.17) is 26.8 Å². The van der Waals surface area contributed by atoms with Crippen LogP contribution in [0.2, 0.25) is 0 Å². The van der Waals surface area contributed by atoms with Crippen LogP contribution in [0, 0.1) is 0 Å². The Balaban J connectivity index is 4.08. The Morgan fingerprint density at radius 2 is 1.92 bits per heavy atom. The molecule has 0 spiro atoms. The van der Waals surface area contributed by atoms with Crippen molar-refractivity contribution in [3.63, 3.8) is 0 Å². The van der Waals surface area contributed by atoms with Gasteiger partial charge in [0.15, 0.2) is 5.78 Å². The molecule has 0 aromatic heterocycles. The molecule has 0 aromatic rings. The highest BCUT2D eigenvalue weighted by molar-refractivity contribution is 5.85. The van der Waals surface area contributed by atoms with Crippen molar-refractivity contribution in [3.05, 3.63) is 0 Å². The molecular weight excluding hydrogens is 164 g/mol. The Morgan fingerprint density at radius 3 is 2.25 bits per heavy atom. The van der Waals surface area contributed by atoms with E-state index in [2.05, 4.69) is 0 Å². The van der Waals surface area contributed by atoms with Gasteiger partial charge >= 0.3 is 0 Å². The molecule has 0 heterocycles. The van der Waals surface area contributed by atoms with Crippen LogP contribution in [-0.2, 0) is 4.79 Å². The Labute approximate surface area is 69.8 Å². The highest BCUT2D eigenvalue weighted by atomic mass is 16.3. The predicted octanol–water partition coefficient (Wildman–Crippen LogP) is -3.44. The van der Waals surface area contributed by atoms with Gasteiger partial charge in [-0.1, -0.05) is 0 Å². The predicted molar refractivity (Wildman–Crippen MR) is 41.1 cm³/mol. The number of rotatable bonds is 5. The molecule has 0 unspecified atom stereocenters. The molecule has 0 saturated heterocycles. The van der Waals surface area contributed by atoms with Gasteiger partial charge in [-0.15, -0.1) is 0 Å². The maximum Gasteiger partial charge on any atom is 0.176 e. The van der Waals surface area contributed by atoms with Gasteiger partial charge in [0.2, 0.25) is 0 Å². The summed E-state index contributed by atoms with van der Waals surface area (Å²) in [6.45, 7) is -0.941. The average molecular weight is 178 g/mol. The van der Waals surface area contributed by atoms with E-state index in [9.17, 15) is 4.79 Å². The standard InChI is InChI=1S/C6H14N2O4/c7-1-3(10)6(12)5(8)4(11)2-9/h4-6,9,11-12H,1-2,7-8H2/t4-,5+,6+/m1/s1. The molecule has 7 N–H and O–H groups in total. The van der Waals surface area contributed by atoms with Gasteiger partial charge in [0, 0.05) is 0 Å². The first-order valence-corrected chi connectivity index (χ1v) is 3.50. The summed E-state index contributed by atoms with van der Waals surface area (Å²) in [5.41, 5.74) is 10.2. The third-order valence-corrected chi connectivity index (χ3v) is 1.53. The molecule has 0 rings (SSSR count). The van der Waals surface area contributed by atoms with Crippen molar-refractivity contribution < 1.29 is 20.1 Å². The number of aliphatic hydroxyl groups excluding tert-OH is 3. The number of Topliss-reactive ketones (excluding diaryl/α,β-unsaturated/α-hetero) is 1. The van der Waals surface area contributed by atoms with Crippen LogP contribution in [0.15, 0.2) is 0 Å². The van der Waals surface area contributed by atoms with Gasteiger partial charge < -0.3 is 26.8 Å². The van der Waals surface area contributed by atoms with Crippen LogP contribution in [0.25, 0.3) is 0 Å². The zero-order chi connectivity index (χ0) is 9.72. The fourth-order valence-corrected chi connectivity index (χ4v) is 0.668. The lowest BCUT2D eigenvalue weighted by molar-refractivity contribution is -0.128. The van der Waals surface area contributed by atoms with Crippen molar-refractivity contribution in [3.8, 4) is 0 Å². The number of aliphatic hydroxyl groups is 3. The lowest BCUT2D eigenvalue weighted by Crippen LogP contribution is -2.51. The second kappa shape index (κ2) is 5.18. The van der Waals surface area contributed by atoms with Crippen LogP contribution >= 0.6 is 0 Å². The molecule has 0 aliphatic heterocycles. The first-order valence-electron chi connectivity index (χ1n) is 3.50. The number of carbonyl (C=O) groups excluding carboxylic acids is 1. The smallest absolute Gasteiger partial charge is 0.176 e. The maximum atomic E-state index is 10.7. The molecule has 0 amide bonds. The monoisotopic (exact) mass is 178 g/mol. The molecule has 0 radical (unpaired) electrons. The summed E-state index contributed by atoms with van der Waals surface area (Å²) in [4.78, 5) is 10.7. The van der Waals surface area contributed by atoms with Crippen LogP contribution in [-0.4, -0.2) is 52.5 Å². The second-order valence-corrected chi connectivity index (χ2v) is 2.44. The zero-order valence-corrected chi connectivity index (χ0v) is 6.55. The molecular formula is C6H14N2O4. The topological polar surface area (TPSA) is 130 Å². The van der Waals surface area contributed by atoms with Crippen LogP contribution < -0.4 is 11.5 Å². The summed E-state index contributed by atoms with van der Waals surface area (Å²) in [6.07, 6.45) is -2.83. The van der Waals surface area contributed by atoms with Gasteiger partial charge in [-0.25, -0.2) is 0 Å². The highest BCUT2D eigenvalue weighted by Crippen LogP contribution is 1.97. The van der Waals surface area contributed by atoms with Crippen molar-refractivity contribution >= 4 is 5.78 Å². The van der Waals surface area contributed by atoms with Gasteiger partial charge in [-0.2, -0.15) is 0 Å². The van der Waals surface area contributed by atoms with Crippen molar-refractivity contribution in [1.29, 1.82) is 0 Å². The van der Waals surface area contributed by atoms with E-state index in [-0.39, 0.29) is 6.54 Å². The summed E-state index contributed by atoms with van der Waals surface area (Å²) < 4.78 is 0. The summed E-state index contributed by atoms with van der Waals surface area (Å²) in [5.74, 6) is -0.657. The minimum Gasteiger partial charge on any atom is -0.394 e. The summed E-state index contributed by atoms with van der Waals surface area (Å²) in [7, 11) is 0. The van der Waals surface area contributed by atoms with E-state index in [1.807, 2.05) is 0 Å². The molecule has 0 saturated carbocycles. The van der Waals surface area contributed by atoms with Crippen LogP contribution in [0.1, 0.15) is 0 Å². The first-order chi connectivity index (χ1) is 5.54. The Bertz CT molecular complexity index is 152. The van der Waals surface area contributed by atoms with Gasteiger partial charge in [-0.05, 0) is 0 Å². The number of hydrogen-bond acceptors (Lipinski definition) is 6. The third kappa shape index (κ3) is 2.84. The lowest BCUT2D eigenvalue weighted by Gasteiger charge is -2.20. The van der Waals surface area contributed by atoms with Gasteiger partial charge in [0.25, 0.3) is 0 Å². The summed E-state index contributed by atoms with van der Waals surface area (Å²) in [6, 6.07) is -1.19. The second-order valence-electron chi connectivity index (χ2n) is 2.44. The fourth-order valence-electron chi connectivity index (χ4n) is 0.668. The van der Waals surface area contributed by atoms with E-state index in [1.54, 1.807) is 0 Å². The Hall–Kier alpha value is -0.530. The van der Waals surface area contributed by atoms with Crippen LogP contribution in [0.5, 0.6) is 0 Å². The number of hydrogen-bond donors (Lipinski definition) is 5. The van der Waals surface area contributed by atoms with Crippen molar-refractivity contribution in [2.45, 2.75) is 18.2 Å². The summed E-state index contributed by atoms with van der Waals surface area (Å²) in [5, 5.41) is 26.4. The van der Waals surface area contributed by atoms with E-state index in [0.717, 1.165) is 0 Å². The molecule has 0 aliphatic rings. The lowest BCUT2D eigenvalue weighted by atomic mass is 10.0. The third-order valence-electron chi connectivity index (χ3n) is 1.53. The van der Waals surface area contributed by atoms with Crippen LogP contribution in [0.4, 0.5) is 0 Å². The number of nitrogens with two attached hydrogens (primary N) is 2. The van der Waals surface area contributed by atoms with Crippen molar-refractivity contribution in [1.82, 2.24) is 0 Å². The van der Waals surface area contributed by atoms with E-state index >= 15 is 0 Å². The van der Waals surface area contributed by atoms with Crippen molar-refractivity contribution in [2.75, 3.05) is 13.2 Å². The average Bonchev–Trinajstić information content (AvgIpc) is 2.12. The summed E-state index contributed by atoms with van der Waals surface area (Å²) >= 11 is 0. The van der Waals surface area contributed by atoms with E-state index < -0.39 is 30.6 Å². The largest absolute Gasteiger partial charge is 0.394 e. The highest BCUT2D eigenvalue weighted by Gasteiger charge is 2.27. The fraction of sp³-hybridized carbons (Fsp3) is 0.833. The molecule has 12 heavy (non-hydrogen) atoms. The quantitative estimate of drug-likeness (QED) is 0.298. The Morgan fingerprint density at radius 1 is 1.42 bits per heavy atom. The zero-order valence-electron chi connectivity index (χ0n) is 6.55. The molecule has 6 heteroatoms. The minimum absolute atomic E-state index is 0.340. The Kier molecular flexibility index (Phi) is 4.95. The molecule has 6 nitrogen and oxygen atoms in total. The molecule has 0 fully saturated rings. The van der Waals surface area contributed by atoms with Gasteiger partial charge in [0.1, 0.15) is 6.10 Å². The minimum atomic E-state index is -1.52. The molecule has 0 aromatic carbocycles. The normalized spacial score (nSPS) is 18.4. The first kappa shape index (κ1) is 11.5. The maximum absolute atomic E-state index is 10.7. The van der Waals surface area contributed by atoms with E-state index in [1.165, 1.54) is 0 Å². The number of ketones is 1. The van der Waals surface area contributed by atoms with Gasteiger partial charge in [0.05, 0.1) is 25.3 Å². The van der Waals surface area contributed by atoms with Crippen LogP contribution in [0.3, 0.4) is 0 Å². The number of carbonyl (C=O) groups is 1. The van der Waals surface area contributed by atoms with E-state index in [0.29, 0.717) is 0 Å². The molecule has 3 atom stereocenters. The van der Waals surface area contributed by atoms with Crippen molar-refractivity contribution in [2.24, 2.45) is 11.5 Å². The SMILES string of the molecule is NCC(=O)[C@H](O)[C@@H](N)[C@H](O)CO. The molecule has 0 aliphatic carbocycles. The molecule has 72 valence electrons.